The summed E-state index contributed by atoms with van der Waals surface area (Å²) < 4.78 is 25.1. The van der Waals surface area contributed by atoms with E-state index < -0.39 is 6.17 Å². The largest absolute Gasteiger partial charge is 0.497 e. The van der Waals surface area contributed by atoms with Gasteiger partial charge < -0.3 is 9.47 Å². The van der Waals surface area contributed by atoms with Crippen molar-refractivity contribution >= 4 is 0 Å². The molecule has 2 fully saturated rings. The fourth-order valence-corrected chi connectivity index (χ4v) is 3.90. The lowest BCUT2D eigenvalue weighted by atomic mass is 9.92. The van der Waals surface area contributed by atoms with Crippen LogP contribution in [0.1, 0.15) is 37.2 Å². The number of ether oxygens (including phenoxy) is 2. The van der Waals surface area contributed by atoms with Crippen LogP contribution >= 0.6 is 0 Å². The molecule has 3 nitrogen and oxygen atoms in total. The monoisotopic (exact) mass is 307 g/mol. The lowest BCUT2D eigenvalue weighted by Crippen LogP contribution is -2.38. The van der Waals surface area contributed by atoms with Crippen LogP contribution in [0.15, 0.2) is 24.3 Å². The minimum atomic E-state index is -0.770. The standard InChI is InChI=1S/C18H26FNO2/c1-21-15-7-3-13(4-8-15)17-11-20(12-18(17)19)14-5-9-16(22-2)10-6-14/h3-4,7-8,14,16-18H,5-6,9-12H2,1-2H3/t14?,16?,17-,18-/m0/s1. The van der Waals surface area contributed by atoms with Crippen molar-refractivity contribution in [2.24, 2.45) is 0 Å². The van der Waals surface area contributed by atoms with Crippen LogP contribution in [0.2, 0.25) is 0 Å². The Morgan fingerprint density at radius 1 is 1.00 bits per heavy atom. The van der Waals surface area contributed by atoms with Crippen molar-refractivity contribution in [2.45, 2.75) is 49.9 Å². The number of rotatable bonds is 4. The maximum absolute atomic E-state index is 14.5. The molecule has 1 saturated heterocycles. The summed E-state index contributed by atoms with van der Waals surface area (Å²) in [6.45, 7) is 1.40. The molecule has 3 rings (SSSR count). The Balaban J connectivity index is 1.61. The van der Waals surface area contributed by atoms with E-state index in [0.29, 0.717) is 18.7 Å². The first-order valence-electron chi connectivity index (χ1n) is 8.26. The molecule has 2 aliphatic rings. The molecular formula is C18H26FNO2. The molecule has 0 N–H and O–H groups in total. The van der Waals surface area contributed by atoms with Gasteiger partial charge in [-0.3, -0.25) is 4.90 Å². The fourth-order valence-electron chi connectivity index (χ4n) is 3.90. The van der Waals surface area contributed by atoms with Crippen molar-refractivity contribution in [2.75, 3.05) is 27.3 Å². The second kappa shape index (κ2) is 6.97. The molecule has 1 aromatic rings. The Labute approximate surface area is 132 Å². The average Bonchev–Trinajstić information content (AvgIpc) is 2.97. The molecule has 0 aromatic heterocycles. The van der Waals surface area contributed by atoms with Gasteiger partial charge >= 0.3 is 0 Å². The summed E-state index contributed by atoms with van der Waals surface area (Å²) in [5.74, 6) is 0.818. The highest BCUT2D eigenvalue weighted by Crippen LogP contribution is 2.35. The fraction of sp³-hybridized carbons (Fsp3) is 0.667. The Morgan fingerprint density at radius 2 is 1.68 bits per heavy atom. The molecular weight excluding hydrogens is 281 g/mol. The molecule has 0 bridgehead atoms. The number of likely N-dealkylation sites (tertiary alicyclic amines) is 1. The van der Waals surface area contributed by atoms with E-state index in [9.17, 15) is 4.39 Å². The SMILES string of the molecule is COc1ccc([C@@H]2CN(C3CCC(OC)CC3)C[C@@H]2F)cc1. The van der Waals surface area contributed by atoms with E-state index >= 15 is 0 Å². The third-order valence-corrected chi connectivity index (χ3v) is 5.31. The van der Waals surface area contributed by atoms with Gasteiger partial charge in [0.15, 0.2) is 0 Å². The van der Waals surface area contributed by atoms with Gasteiger partial charge in [0.1, 0.15) is 11.9 Å². The van der Waals surface area contributed by atoms with E-state index in [0.717, 1.165) is 43.5 Å². The van der Waals surface area contributed by atoms with Crippen molar-refractivity contribution in [3.63, 3.8) is 0 Å². The number of hydrogen-bond acceptors (Lipinski definition) is 3. The molecule has 0 radical (unpaired) electrons. The molecule has 2 atom stereocenters. The normalized spacial score (nSPS) is 33.0. The summed E-state index contributed by atoms with van der Waals surface area (Å²) in [7, 11) is 3.44. The zero-order valence-electron chi connectivity index (χ0n) is 13.5. The van der Waals surface area contributed by atoms with E-state index in [-0.39, 0.29) is 5.92 Å². The highest BCUT2D eigenvalue weighted by molar-refractivity contribution is 5.31. The zero-order chi connectivity index (χ0) is 15.5. The molecule has 1 saturated carbocycles. The number of methoxy groups -OCH3 is 2. The number of alkyl halides is 1. The van der Waals surface area contributed by atoms with Crippen LogP contribution in [0.25, 0.3) is 0 Å². The van der Waals surface area contributed by atoms with Gasteiger partial charge in [-0.1, -0.05) is 12.1 Å². The lowest BCUT2D eigenvalue weighted by molar-refractivity contribution is 0.0424. The molecule has 22 heavy (non-hydrogen) atoms. The quantitative estimate of drug-likeness (QED) is 0.851. The van der Waals surface area contributed by atoms with Crippen LogP contribution in [0.4, 0.5) is 4.39 Å². The van der Waals surface area contributed by atoms with E-state index in [4.69, 9.17) is 9.47 Å². The van der Waals surface area contributed by atoms with E-state index in [1.807, 2.05) is 24.3 Å². The molecule has 1 heterocycles. The molecule has 0 amide bonds. The van der Waals surface area contributed by atoms with Gasteiger partial charge in [-0.05, 0) is 43.4 Å². The first kappa shape index (κ1) is 15.8. The Kier molecular flexibility index (Phi) is 4.99. The molecule has 1 aliphatic heterocycles. The number of hydrogen-bond donors (Lipinski definition) is 0. The first-order chi connectivity index (χ1) is 10.7. The molecule has 1 aromatic carbocycles. The van der Waals surface area contributed by atoms with Crippen LogP contribution in [0, 0.1) is 0 Å². The highest BCUT2D eigenvalue weighted by atomic mass is 19.1. The van der Waals surface area contributed by atoms with Gasteiger partial charge in [0.05, 0.1) is 13.2 Å². The van der Waals surface area contributed by atoms with Gasteiger partial charge in [-0.15, -0.1) is 0 Å². The summed E-state index contributed by atoms with van der Waals surface area (Å²) in [6, 6.07) is 8.37. The topological polar surface area (TPSA) is 21.7 Å². The summed E-state index contributed by atoms with van der Waals surface area (Å²) in [4.78, 5) is 2.35. The third kappa shape index (κ3) is 3.28. The van der Waals surface area contributed by atoms with Crippen molar-refractivity contribution in [3.05, 3.63) is 29.8 Å². The van der Waals surface area contributed by atoms with Crippen molar-refractivity contribution in [1.29, 1.82) is 0 Å². The van der Waals surface area contributed by atoms with Crippen molar-refractivity contribution in [1.82, 2.24) is 4.90 Å². The third-order valence-electron chi connectivity index (χ3n) is 5.31. The van der Waals surface area contributed by atoms with Gasteiger partial charge in [0, 0.05) is 32.2 Å². The molecule has 122 valence electrons. The zero-order valence-corrected chi connectivity index (χ0v) is 13.5. The summed E-state index contributed by atoms with van der Waals surface area (Å²) in [5.41, 5.74) is 1.08. The number of halogens is 1. The van der Waals surface area contributed by atoms with Gasteiger partial charge in [0.2, 0.25) is 0 Å². The second-order valence-electron chi connectivity index (χ2n) is 6.52. The maximum Gasteiger partial charge on any atom is 0.121 e. The van der Waals surface area contributed by atoms with Crippen molar-refractivity contribution < 1.29 is 13.9 Å². The summed E-state index contributed by atoms with van der Waals surface area (Å²) in [6.07, 6.45) is 4.08. The molecule has 1 aliphatic carbocycles. The van der Waals surface area contributed by atoms with Gasteiger partial charge in [-0.25, -0.2) is 4.39 Å². The van der Waals surface area contributed by atoms with Crippen LogP contribution in [-0.4, -0.2) is 50.5 Å². The van der Waals surface area contributed by atoms with Gasteiger partial charge in [-0.2, -0.15) is 0 Å². The van der Waals surface area contributed by atoms with E-state index in [1.165, 1.54) is 0 Å². The number of nitrogens with zero attached hydrogens (tertiary/aromatic N) is 1. The predicted molar refractivity (Wildman–Crippen MR) is 85.3 cm³/mol. The predicted octanol–water partition coefficient (Wildman–Crippen LogP) is 3.39. The smallest absolute Gasteiger partial charge is 0.121 e. The minimum absolute atomic E-state index is 0.00828. The molecule has 0 unspecified atom stereocenters. The second-order valence-corrected chi connectivity index (χ2v) is 6.52. The van der Waals surface area contributed by atoms with Crippen LogP contribution in [-0.2, 0) is 4.74 Å². The Hall–Kier alpha value is -1.13. The highest BCUT2D eigenvalue weighted by Gasteiger charge is 2.38. The van der Waals surface area contributed by atoms with Crippen molar-refractivity contribution in [3.8, 4) is 5.75 Å². The average molecular weight is 307 g/mol. The maximum atomic E-state index is 14.5. The van der Waals surface area contributed by atoms with E-state index in [1.54, 1.807) is 14.2 Å². The lowest BCUT2D eigenvalue weighted by Gasteiger charge is -2.34. The first-order valence-corrected chi connectivity index (χ1v) is 8.26. The number of benzene rings is 1. The van der Waals surface area contributed by atoms with Crippen LogP contribution < -0.4 is 4.74 Å². The Morgan fingerprint density at radius 3 is 2.27 bits per heavy atom. The summed E-state index contributed by atoms with van der Waals surface area (Å²) in [5, 5.41) is 0. The molecule has 4 heteroatoms. The van der Waals surface area contributed by atoms with Crippen LogP contribution in [0.5, 0.6) is 5.75 Å². The minimum Gasteiger partial charge on any atom is -0.497 e. The molecule has 0 spiro atoms. The van der Waals surface area contributed by atoms with E-state index in [2.05, 4.69) is 4.90 Å². The summed E-state index contributed by atoms with van der Waals surface area (Å²) >= 11 is 0. The van der Waals surface area contributed by atoms with Gasteiger partial charge in [0.25, 0.3) is 0 Å². The van der Waals surface area contributed by atoms with Crippen LogP contribution in [0.3, 0.4) is 0 Å². The Bertz CT molecular complexity index is 470.